The van der Waals surface area contributed by atoms with Gasteiger partial charge in [0.15, 0.2) is 0 Å². The van der Waals surface area contributed by atoms with Crippen molar-refractivity contribution in [3.05, 3.63) is 34.9 Å². The van der Waals surface area contributed by atoms with Crippen molar-refractivity contribution >= 4 is 11.8 Å². The number of nitrogens with zero attached hydrogens (tertiary/aromatic N) is 1. The van der Waals surface area contributed by atoms with Crippen LogP contribution < -0.4 is 4.90 Å². The quantitative estimate of drug-likeness (QED) is 0.845. The van der Waals surface area contributed by atoms with Crippen LogP contribution in [0, 0.1) is 5.92 Å². The highest BCUT2D eigenvalue weighted by Gasteiger charge is 2.20. The molecule has 0 heterocycles. The first-order chi connectivity index (χ1) is 8.04. The molecule has 0 aliphatic heterocycles. The van der Waals surface area contributed by atoms with Gasteiger partial charge in [-0.05, 0) is 29.0 Å². The fourth-order valence-electron chi connectivity index (χ4n) is 2.46. The van der Waals surface area contributed by atoms with Gasteiger partial charge < -0.3 is 10.0 Å². The lowest BCUT2D eigenvalue weighted by atomic mass is 9.80. The molecule has 1 aromatic rings. The van der Waals surface area contributed by atoms with E-state index in [0.29, 0.717) is 11.8 Å². The molecule has 0 spiro atoms. The summed E-state index contributed by atoms with van der Waals surface area (Å²) >= 11 is 0. The molecule has 0 aromatic heterocycles. The number of aliphatic hydroxyl groups is 1. The Hall–Kier alpha value is -1.28. The van der Waals surface area contributed by atoms with Crippen LogP contribution in [-0.4, -0.2) is 19.2 Å². The number of allylic oxidation sites excluding steroid dienone is 1. The fourth-order valence-corrected chi connectivity index (χ4v) is 2.46. The molecule has 0 saturated heterocycles. The van der Waals surface area contributed by atoms with Crippen molar-refractivity contribution in [2.45, 2.75) is 26.4 Å². The Morgan fingerprint density at radius 1 is 1.24 bits per heavy atom. The first-order valence-electron chi connectivity index (χ1n) is 6.17. The van der Waals surface area contributed by atoms with E-state index < -0.39 is 0 Å². The fraction of sp³-hybridized carbons (Fsp3) is 0.467. The molecule has 1 N–H and O–H groups in total. The summed E-state index contributed by atoms with van der Waals surface area (Å²) in [6.07, 6.45) is 4.47. The Morgan fingerprint density at radius 2 is 1.94 bits per heavy atom. The van der Waals surface area contributed by atoms with Crippen LogP contribution in [0.2, 0.25) is 0 Å². The van der Waals surface area contributed by atoms with E-state index in [0.717, 1.165) is 11.3 Å². The summed E-state index contributed by atoms with van der Waals surface area (Å²) in [5, 5.41) is 9.48. The highest BCUT2D eigenvalue weighted by molar-refractivity contribution is 5.67. The van der Waals surface area contributed by atoms with Crippen LogP contribution in [0.5, 0.6) is 0 Å². The van der Waals surface area contributed by atoms with Crippen LogP contribution in [0.15, 0.2) is 18.2 Å². The normalized spacial score (nSPS) is 22.4. The van der Waals surface area contributed by atoms with E-state index in [1.807, 2.05) is 14.1 Å². The molecule has 1 aliphatic carbocycles. The number of rotatable bonds is 2. The van der Waals surface area contributed by atoms with Crippen molar-refractivity contribution in [2.75, 3.05) is 19.0 Å². The topological polar surface area (TPSA) is 23.5 Å². The monoisotopic (exact) mass is 231 g/mol. The van der Waals surface area contributed by atoms with E-state index in [1.165, 1.54) is 11.1 Å². The van der Waals surface area contributed by atoms with Gasteiger partial charge in [0, 0.05) is 25.3 Å². The highest BCUT2D eigenvalue weighted by atomic mass is 16.3. The Labute approximate surface area is 104 Å². The lowest BCUT2D eigenvalue weighted by Crippen LogP contribution is -2.15. The predicted octanol–water partition coefficient (Wildman–Crippen LogP) is 3.01. The summed E-state index contributed by atoms with van der Waals surface area (Å²) in [6, 6.07) is 4.34. The van der Waals surface area contributed by atoms with Gasteiger partial charge in [-0.3, -0.25) is 0 Å². The summed E-state index contributed by atoms with van der Waals surface area (Å²) in [5.41, 5.74) is 4.77. The molecule has 2 nitrogen and oxygen atoms in total. The summed E-state index contributed by atoms with van der Waals surface area (Å²) in [6.45, 7) is 4.59. The minimum Gasteiger partial charge on any atom is -0.392 e. The number of hydrogen-bond acceptors (Lipinski definition) is 2. The Morgan fingerprint density at radius 3 is 2.53 bits per heavy atom. The van der Waals surface area contributed by atoms with Crippen molar-refractivity contribution in [2.24, 2.45) is 5.92 Å². The smallest absolute Gasteiger partial charge is 0.0702 e. The van der Waals surface area contributed by atoms with Gasteiger partial charge in [-0.15, -0.1) is 0 Å². The van der Waals surface area contributed by atoms with Gasteiger partial charge in [-0.25, -0.2) is 0 Å². The number of benzene rings is 1. The maximum atomic E-state index is 9.48. The van der Waals surface area contributed by atoms with Crippen molar-refractivity contribution < 1.29 is 5.11 Å². The Bertz CT molecular complexity index is 448. The van der Waals surface area contributed by atoms with E-state index in [1.54, 1.807) is 0 Å². The molecular formula is C15H21NO. The van der Waals surface area contributed by atoms with E-state index in [-0.39, 0.29) is 6.61 Å². The standard InChI is InChI=1S/C15H21NO/c1-10-5-6-12-8-15(16(3)4)13(9-17)7-14(12)11(10)2/h5-8,10-11,17H,9H2,1-4H3. The average Bonchev–Trinajstić information content (AvgIpc) is 2.32. The van der Waals surface area contributed by atoms with Crippen LogP contribution in [0.3, 0.4) is 0 Å². The summed E-state index contributed by atoms with van der Waals surface area (Å²) < 4.78 is 0. The van der Waals surface area contributed by atoms with Crippen molar-refractivity contribution in [3.63, 3.8) is 0 Å². The van der Waals surface area contributed by atoms with Gasteiger partial charge in [-0.2, -0.15) is 0 Å². The molecule has 2 unspecified atom stereocenters. The van der Waals surface area contributed by atoms with Gasteiger partial charge in [0.25, 0.3) is 0 Å². The zero-order valence-corrected chi connectivity index (χ0v) is 11.1. The minimum absolute atomic E-state index is 0.103. The Kier molecular flexibility index (Phi) is 3.25. The lowest BCUT2D eigenvalue weighted by molar-refractivity contribution is 0.282. The number of aliphatic hydroxyl groups excluding tert-OH is 1. The average molecular weight is 231 g/mol. The highest BCUT2D eigenvalue weighted by Crippen LogP contribution is 2.37. The molecule has 0 bridgehead atoms. The van der Waals surface area contributed by atoms with Gasteiger partial charge in [0.05, 0.1) is 6.61 Å². The molecule has 2 atom stereocenters. The second-order valence-corrected chi connectivity index (χ2v) is 5.17. The van der Waals surface area contributed by atoms with Crippen LogP contribution in [0.25, 0.3) is 6.08 Å². The molecule has 0 fully saturated rings. The van der Waals surface area contributed by atoms with Gasteiger partial charge in [-0.1, -0.05) is 32.1 Å². The van der Waals surface area contributed by atoms with Crippen LogP contribution in [-0.2, 0) is 6.61 Å². The van der Waals surface area contributed by atoms with Crippen LogP contribution in [0.4, 0.5) is 5.69 Å². The molecular weight excluding hydrogens is 210 g/mol. The van der Waals surface area contributed by atoms with Crippen LogP contribution in [0.1, 0.15) is 36.5 Å². The van der Waals surface area contributed by atoms with Crippen LogP contribution >= 0.6 is 0 Å². The molecule has 17 heavy (non-hydrogen) atoms. The zero-order valence-electron chi connectivity index (χ0n) is 11.1. The lowest BCUT2D eigenvalue weighted by Gasteiger charge is -2.27. The van der Waals surface area contributed by atoms with Crippen molar-refractivity contribution in [1.29, 1.82) is 0 Å². The minimum atomic E-state index is 0.103. The molecule has 92 valence electrons. The largest absolute Gasteiger partial charge is 0.392 e. The second kappa shape index (κ2) is 4.53. The number of fused-ring (bicyclic) bond motifs is 1. The van der Waals surface area contributed by atoms with E-state index in [2.05, 4.69) is 43.0 Å². The molecule has 0 saturated carbocycles. The predicted molar refractivity (Wildman–Crippen MR) is 73.3 cm³/mol. The molecule has 0 radical (unpaired) electrons. The summed E-state index contributed by atoms with van der Waals surface area (Å²) in [7, 11) is 4.03. The first kappa shape index (κ1) is 12.2. The van der Waals surface area contributed by atoms with E-state index >= 15 is 0 Å². The van der Waals surface area contributed by atoms with Gasteiger partial charge >= 0.3 is 0 Å². The third-order valence-electron chi connectivity index (χ3n) is 3.80. The van der Waals surface area contributed by atoms with E-state index in [9.17, 15) is 5.11 Å². The zero-order chi connectivity index (χ0) is 12.6. The maximum absolute atomic E-state index is 9.48. The number of hydrogen-bond donors (Lipinski definition) is 1. The molecule has 2 heteroatoms. The number of anilines is 1. The third-order valence-corrected chi connectivity index (χ3v) is 3.80. The maximum Gasteiger partial charge on any atom is 0.0702 e. The van der Waals surface area contributed by atoms with Gasteiger partial charge in [0.2, 0.25) is 0 Å². The Balaban J connectivity index is 2.56. The molecule has 2 rings (SSSR count). The van der Waals surface area contributed by atoms with Crippen molar-refractivity contribution in [1.82, 2.24) is 0 Å². The molecule has 1 aromatic carbocycles. The SMILES string of the molecule is CC1C=Cc2cc(N(C)C)c(CO)cc2C1C. The first-order valence-corrected chi connectivity index (χ1v) is 6.17. The summed E-state index contributed by atoms with van der Waals surface area (Å²) in [5.74, 6) is 1.09. The summed E-state index contributed by atoms with van der Waals surface area (Å²) in [4.78, 5) is 2.06. The van der Waals surface area contributed by atoms with E-state index in [4.69, 9.17) is 0 Å². The molecule has 1 aliphatic rings. The van der Waals surface area contributed by atoms with Gasteiger partial charge in [0.1, 0.15) is 0 Å². The second-order valence-electron chi connectivity index (χ2n) is 5.17. The molecule has 0 amide bonds. The van der Waals surface area contributed by atoms with Crippen molar-refractivity contribution in [3.8, 4) is 0 Å². The third kappa shape index (κ3) is 2.09.